The Hall–Kier alpha value is -4.36. The highest BCUT2D eigenvalue weighted by Crippen LogP contribution is 2.33. The molecule has 0 unspecified atom stereocenters. The summed E-state index contributed by atoms with van der Waals surface area (Å²) >= 11 is 0. The van der Waals surface area contributed by atoms with Gasteiger partial charge in [-0.3, -0.25) is 15.1 Å². The highest BCUT2D eigenvalue weighted by molar-refractivity contribution is 5.98. The zero-order valence-corrected chi connectivity index (χ0v) is 22.7. The third kappa shape index (κ3) is 4.77. The lowest BCUT2D eigenvalue weighted by Crippen LogP contribution is -2.20. The fourth-order valence-electron chi connectivity index (χ4n) is 6.03. The summed E-state index contributed by atoms with van der Waals surface area (Å²) in [5, 5.41) is 12.6. The minimum atomic E-state index is 0.723. The largest absolute Gasteiger partial charge is 0.335 e. The van der Waals surface area contributed by atoms with Gasteiger partial charge in [0.15, 0.2) is 5.82 Å². The van der Waals surface area contributed by atoms with Crippen LogP contribution in [0.25, 0.3) is 55.7 Å². The molecule has 7 heteroatoms. The molecule has 3 N–H and O–H groups in total. The Morgan fingerprint density at radius 2 is 1.70 bits per heavy atom. The average molecular weight is 528 g/mol. The molecule has 0 amide bonds. The molecule has 0 aliphatic heterocycles. The van der Waals surface area contributed by atoms with Crippen molar-refractivity contribution in [3.05, 3.63) is 84.4 Å². The Balaban J connectivity index is 1.23. The first-order chi connectivity index (χ1) is 19.7. The van der Waals surface area contributed by atoms with Crippen molar-refractivity contribution in [1.29, 1.82) is 0 Å². The molecule has 7 nitrogen and oxygen atoms in total. The monoisotopic (exact) mass is 527 g/mol. The van der Waals surface area contributed by atoms with Gasteiger partial charge in [-0.15, -0.1) is 0 Å². The summed E-state index contributed by atoms with van der Waals surface area (Å²) in [7, 11) is 0. The molecule has 7 rings (SSSR count). The minimum Gasteiger partial charge on any atom is -0.335 e. The van der Waals surface area contributed by atoms with Crippen LogP contribution in [0.2, 0.25) is 0 Å². The first-order valence-corrected chi connectivity index (χ1v) is 14.3. The zero-order valence-electron chi connectivity index (χ0n) is 22.7. The molecular formula is C33H33N7. The van der Waals surface area contributed by atoms with Crippen LogP contribution in [0.15, 0.2) is 73.3 Å². The summed E-state index contributed by atoms with van der Waals surface area (Å²) in [5.41, 5.74) is 10.6. The second-order valence-corrected chi connectivity index (χ2v) is 10.9. The quantitative estimate of drug-likeness (QED) is 0.197. The minimum absolute atomic E-state index is 0.723. The molecule has 4 aromatic heterocycles. The highest BCUT2D eigenvalue weighted by Gasteiger charge is 2.17. The van der Waals surface area contributed by atoms with Gasteiger partial charge in [0.05, 0.1) is 22.7 Å². The van der Waals surface area contributed by atoms with Crippen molar-refractivity contribution in [3.8, 4) is 33.8 Å². The Kier molecular flexibility index (Phi) is 6.57. The van der Waals surface area contributed by atoms with Crippen LogP contribution in [0.4, 0.5) is 0 Å². The third-order valence-electron chi connectivity index (χ3n) is 8.20. The summed E-state index contributed by atoms with van der Waals surface area (Å²) in [6.07, 6.45) is 13.8. The number of H-pyrrole nitrogens is 2. The van der Waals surface area contributed by atoms with Crippen molar-refractivity contribution in [2.24, 2.45) is 5.92 Å². The number of nitrogens with one attached hydrogen (secondary N) is 3. The third-order valence-corrected chi connectivity index (χ3v) is 8.20. The number of aryl methyl sites for hydroxylation is 1. The van der Waals surface area contributed by atoms with E-state index in [9.17, 15) is 0 Å². The van der Waals surface area contributed by atoms with Crippen molar-refractivity contribution in [2.75, 3.05) is 6.54 Å². The predicted octanol–water partition coefficient (Wildman–Crippen LogP) is 7.07. The van der Waals surface area contributed by atoms with Crippen molar-refractivity contribution in [2.45, 2.75) is 45.6 Å². The number of aromatic amines is 2. The second kappa shape index (κ2) is 10.7. The Bertz CT molecular complexity index is 1780. The van der Waals surface area contributed by atoms with Gasteiger partial charge in [0, 0.05) is 36.1 Å². The number of aromatic nitrogens is 6. The lowest BCUT2D eigenvalue weighted by Gasteiger charge is -2.13. The first-order valence-electron chi connectivity index (χ1n) is 14.3. The predicted molar refractivity (Wildman–Crippen MR) is 161 cm³/mol. The van der Waals surface area contributed by atoms with Gasteiger partial charge in [0.1, 0.15) is 5.69 Å². The van der Waals surface area contributed by atoms with E-state index in [1.54, 1.807) is 12.4 Å². The molecule has 200 valence electrons. The van der Waals surface area contributed by atoms with Gasteiger partial charge in [-0.2, -0.15) is 5.10 Å². The average Bonchev–Trinajstić information content (AvgIpc) is 3.76. The smallest absolute Gasteiger partial charge is 0.159 e. The van der Waals surface area contributed by atoms with E-state index in [2.05, 4.69) is 73.8 Å². The topological polar surface area (TPSA) is 95.2 Å². The number of fused-ring (bicyclic) bond motifs is 2. The molecule has 0 radical (unpaired) electrons. The molecule has 0 atom stereocenters. The SMILES string of the molecule is CCc1cc(CNCC2CCCC2)cc(-c2ccc3[nH]nc(-c4nc5c(-c6ccncc6)cncc5[nH]4)c3c2)c1. The molecule has 1 aliphatic carbocycles. The van der Waals surface area contributed by atoms with E-state index in [1.165, 1.54) is 47.9 Å². The summed E-state index contributed by atoms with van der Waals surface area (Å²) < 4.78 is 0. The zero-order chi connectivity index (χ0) is 26.9. The molecule has 0 spiro atoms. The van der Waals surface area contributed by atoms with Gasteiger partial charge in [-0.25, -0.2) is 4.98 Å². The van der Waals surface area contributed by atoms with Gasteiger partial charge in [-0.05, 0) is 89.9 Å². The van der Waals surface area contributed by atoms with Crippen LogP contribution in [0.3, 0.4) is 0 Å². The summed E-state index contributed by atoms with van der Waals surface area (Å²) in [6.45, 7) is 4.25. The van der Waals surface area contributed by atoms with Crippen molar-refractivity contribution < 1.29 is 0 Å². The first kappa shape index (κ1) is 24.7. The highest BCUT2D eigenvalue weighted by atomic mass is 15.1. The van der Waals surface area contributed by atoms with Gasteiger partial charge >= 0.3 is 0 Å². The fourth-order valence-corrected chi connectivity index (χ4v) is 6.03. The number of rotatable bonds is 8. The van der Waals surface area contributed by atoms with Crippen molar-refractivity contribution in [3.63, 3.8) is 0 Å². The van der Waals surface area contributed by atoms with Crippen LogP contribution >= 0.6 is 0 Å². The molecule has 1 fully saturated rings. The van der Waals surface area contributed by atoms with E-state index < -0.39 is 0 Å². The van der Waals surface area contributed by atoms with E-state index in [0.29, 0.717) is 0 Å². The molecule has 40 heavy (non-hydrogen) atoms. The van der Waals surface area contributed by atoms with Crippen LogP contribution in [0.1, 0.15) is 43.7 Å². The van der Waals surface area contributed by atoms with Crippen LogP contribution in [-0.4, -0.2) is 36.7 Å². The standard InChI is InChI=1S/C33H33N7/c1-2-21-13-23(18-35-17-22-5-3-4-6-22)15-26(14-21)25-7-8-29-27(16-25)32(40-39-29)33-37-30-20-36-19-28(31(30)38-33)24-9-11-34-12-10-24/h7-16,19-20,22,35H,2-6,17-18H2,1H3,(H,37,38)(H,39,40). The Labute approximate surface area is 233 Å². The van der Waals surface area contributed by atoms with E-state index in [0.717, 1.165) is 70.0 Å². The van der Waals surface area contributed by atoms with Gasteiger partial charge in [0.25, 0.3) is 0 Å². The molecule has 0 saturated heterocycles. The number of hydrogen-bond acceptors (Lipinski definition) is 5. The lowest BCUT2D eigenvalue weighted by atomic mass is 9.97. The fraction of sp³-hybridized carbons (Fsp3) is 0.273. The Morgan fingerprint density at radius 1 is 0.850 bits per heavy atom. The maximum absolute atomic E-state index is 4.99. The van der Waals surface area contributed by atoms with Crippen LogP contribution < -0.4 is 5.32 Å². The van der Waals surface area contributed by atoms with Crippen LogP contribution in [0.5, 0.6) is 0 Å². The Morgan fingerprint density at radius 3 is 2.55 bits per heavy atom. The van der Waals surface area contributed by atoms with Gasteiger partial charge in [0.2, 0.25) is 0 Å². The maximum Gasteiger partial charge on any atom is 0.159 e. The summed E-state index contributed by atoms with van der Waals surface area (Å²) in [5.74, 6) is 1.56. The maximum atomic E-state index is 4.99. The molecule has 0 bridgehead atoms. The van der Waals surface area contributed by atoms with Crippen LogP contribution in [0, 0.1) is 5.92 Å². The second-order valence-electron chi connectivity index (χ2n) is 10.9. The number of pyridine rings is 2. The molecule has 2 aromatic carbocycles. The van der Waals surface area contributed by atoms with Gasteiger partial charge in [-0.1, -0.05) is 38.0 Å². The number of benzene rings is 2. The van der Waals surface area contributed by atoms with E-state index in [4.69, 9.17) is 4.98 Å². The van der Waals surface area contributed by atoms with Crippen molar-refractivity contribution in [1.82, 2.24) is 35.5 Å². The molecule has 4 heterocycles. The van der Waals surface area contributed by atoms with Crippen molar-refractivity contribution >= 4 is 21.9 Å². The molecule has 6 aromatic rings. The van der Waals surface area contributed by atoms with Crippen LogP contribution in [-0.2, 0) is 13.0 Å². The lowest BCUT2D eigenvalue weighted by molar-refractivity contribution is 0.489. The number of hydrogen-bond donors (Lipinski definition) is 3. The normalized spacial score (nSPS) is 14.0. The van der Waals surface area contributed by atoms with E-state index in [1.807, 2.05) is 24.5 Å². The number of nitrogens with zero attached hydrogens (tertiary/aromatic N) is 4. The van der Waals surface area contributed by atoms with E-state index >= 15 is 0 Å². The number of imidazole rings is 1. The molecular weight excluding hydrogens is 494 g/mol. The molecule has 1 saturated carbocycles. The van der Waals surface area contributed by atoms with E-state index in [-0.39, 0.29) is 0 Å². The molecule has 1 aliphatic rings. The summed E-state index contributed by atoms with van der Waals surface area (Å²) in [6, 6.07) is 17.5. The summed E-state index contributed by atoms with van der Waals surface area (Å²) in [4.78, 5) is 17.0. The van der Waals surface area contributed by atoms with Gasteiger partial charge < -0.3 is 10.3 Å².